The first kappa shape index (κ1) is 8.69. The quantitative estimate of drug-likeness (QED) is 0.553. The van der Waals surface area contributed by atoms with Gasteiger partial charge in [0.25, 0.3) is 0 Å². The fraction of sp³-hybridized carbons (Fsp3) is 1.00. The van der Waals surface area contributed by atoms with Crippen molar-refractivity contribution in [2.75, 3.05) is 19.6 Å². The van der Waals surface area contributed by atoms with Crippen molar-refractivity contribution in [3.63, 3.8) is 0 Å². The van der Waals surface area contributed by atoms with Gasteiger partial charge in [0.1, 0.15) is 0 Å². The molecule has 60 valence electrons. The van der Waals surface area contributed by atoms with Crippen LogP contribution in [0.5, 0.6) is 0 Å². The van der Waals surface area contributed by atoms with Gasteiger partial charge < -0.3 is 4.90 Å². The highest BCUT2D eigenvalue weighted by Crippen LogP contribution is 2.36. The van der Waals surface area contributed by atoms with Crippen molar-refractivity contribution in [2.45, 2.75) is 24.0 Å². The standard InChI is InChI=1S/C7H13NS.ClH/c9-7-1-4-8(5-2-7)6-3-7;/h9H,1-6H2;1H. The summed E-state index contributed by atoms with van der Waals surface area (Å²) in [5, 5.41) is 0. The van der Waals surface area contributed by atoms with Crippen molar-refractivity contribution in [1.29, 1.82) is 0 Å². The molecule has 10 heavy (non-hydrogen) atoms. The Bertz CT molecular complexity index is 107. The summed E-state index contributed by atoms with van der Waals surface area (Å²) in [5.74, 6) is 0. The highest BCUT2D eigenvalue weighted by molar-refractivity contribution is 7.81. The fourth-order valence-electron chi connectivity index (χ4n) is 1.81. The van der Waals surface area contributed by atoms with Crippen molar-refractivity contribution in [2.24, 2.45) is 0 Å². The summed E-state index contributed by atoms with van der Waals surface area (Å²) >= 11 is 4.66. The van der Waals surface area contributed by atoms with E-state index in [0.29, 0.717) is 4.75 Å². The normalized spacial score (nSPS) is 44.7. The summed E-state index contributed by atoms with van der Waals surface area (Å²) in [6.45, 7) is 3.89. The molecule has 0 unspecified atom stereocenters. The van der Waals surface area contributed by atoms with Gasteiger partial charge in [-0.1, -0.05) is 0 Å². The predicted octanol–water partition coefficient (Wildman–Crippen LogP) is 1.58. The lowest BCUT2D eigenvalue weighted by Gasteiger charge is -2.45. The molecule has 0 aromatic rings. The average molecular weight is 180 g/mol. The molecule has 3 fully saturated rings. The Morgan fingerprint density at radius 1 is 1.00 bits per heavy atom. The number of rotatable bonds is 0. The molecule has 0 aliphatic carbocycles. The summed E-state index contributed by atoms with van der Waals surface area (Å²) in [7, 11) is 0. The molecule has 3 saturated heterocycles. The van der Waals surface area contributed by atoms with E-state index in [-0.39, 0.29) is 12.4 Å². The third kappa shape index (κ3) is 1.44. The third-order valence-corrected chi connectivity index (χ3v) is 3.35. The second kappa shape index (κ2) is 2.92. The highest BCUT2D eigenvalue weighted by Gasteiger charge is 2.35. The summed E-state index contributed by atoms with van der Waals surface area (Å²) < 4.78 is 0.439. The van der Waals surface area contributed by atoms with E-state index in [2.05, 4.69) is 17.5 Å². The zero-order chi connectivity index (χ0) is 6.32. The van der Waals surface area contributed by atoms with Gasteiger partial charge in [0, 0.05) is 4.75 Å². The molecule has 2 bridgehead atoms. The van der Waals surface area contributed by atoms with Gasteiger partial charge in [-0.2, -0.15) is 12.6 Å². The first-order valence-corrected chi connectivity index (χ1v) is 4.18. The number of hydrogen-bond donors (Lipinski definition) is 1. The Labute approximate surface area is 74.0 Å². The topological polar surface area (TPSA) is 3.24 Å². The van der Waals surface area contributed by atoms with Crippen molar-refractivity contribution >= 4 is 25.0 Å². The molecule has 0 N–H and O–H groups in total. The minimum atomic E-state index is 0. The zero-order valence-electron chi connectivity index (χ0n) is 6.05. The molecular weight excluding hydrogens is 166 g/mol. The van der Waals surface area contributed by atoms with Crippen LogP contribution in [0.3, 0.4) is 0 Å². The largest absolute Gasteiger partial charge is 0.303 e. The maximum absolute atomic E-state index is 4.66. The lowest BCUT2D eigenvalue weighted by molar-refractivity contribution is 0.132. The van der Waals surface area contributed by atoms with Gasteiger partial charge in [-0.3, -0.25) is 0 Å². The zero-order valence-corrected chi connectivity index (χ0v) is 7.76. The second-order valence-corrected chi connectivity index (χ2v) is 4.26. The molecule has 0 atom stereocenters. The van der Waals surface area contributed by atoms with Crippen LogP contribution in [0.25, 0.3) is 0 Å². The van der Waals surface area contributed by atoms with Crippen LogP contribution >= 0.6 is 25.0 Å². The molecule has 3 rings (SSSR count). The van der Waals surface area contributed by atoms with E-state index in [1.54, 1.807) is 0 Å². The first-order chi connectivity index (χ1) is 4.29. The van der Waals surface area contributed by atoms with Crippen molar-refractivity contribution in [3.05, 3.63) is 0 Å². The summed E-state index contributed by atoms with van der Waals surface area (Å²) in [5.41, 5.74) is 0. The van der Waals surface area contributed by atoms with Crippen LogP contribution in [0.2, 0.25) is 0 Å². The van der Waals surface area contributed by atoms with E-state index in [1.807, 2.05) is 0 Å². The summed E-state index contributed by atoms with van der Waals surface area (Å²) in [6.07, 6.45) is 3.95. The van der Waals surface area contributed by atoms with E-state index in [0.717, 1.165) is 0 Å². The molecule has 3 aliphatic heterocycles. The maximum atomic E-state index is 4.66. The van der Waals surface area contributed by atoms with E-state index in [1.165, 1.54) is 38.9 Å². The van der Waals surface area contributed by atoms with Gasteiger partial charge in [0.05, 0.1) is 0 Å². The smallest absolute Gasteiger partial charge is 0.0166 e. The predicted molar refractivity (Wildman–Crippen MR) is 49.3 cm³/mol. The lowest BCUT2D eigenvalue weighted by Crippen LogP contribution is -2.49. The number of thiol groups is 1. The molecule has 3 aliphatic rings. The van der Waals surface area contributed by atoms with Gasteiger partial charge in [-0.25, -0.2) is 0 Å². The minimum absolute atomic E-state index is 0. The van der Waals surface area contributed by atoms with Crippen molar-refractivity contribution in [3.8, 4) is 0 Å². The molecular formula is C7H14ClNS. The number of halogens is 1. The Hall–Kier alpha value is 0.600. The number of nitrogens with zero attached hydrogens (tertiary/aromatic N) is 1. The van der Waals surface area contributed by atoms with Gasteiger partial charge in [-0.05, 0) is 38.9 Å². The monoisotopic (exact) mass is 179 g/mol. The van der Waals surface area contributed by atoms with Crippen LogP contribution in [0, 0.1) is 0 Å². The Balaban J connectivity index is 0.000000500. The Morgan fingerprint density at radius 3 is 1.60 bits per heavy atom. The van der Waals surface area contributed by atoms with Crippen LogP contribution in [0.4, 0.5) is 0 Å². The molecule has 0 radical (unpaired) electrons. The first-order valence-electron chi connectivity index (χ1n) is 3.73. The number of piperidine rings is 3. The highest BCUT2D eigenvalue weighted by atomic mass is 35.5. The van der Waals surface area contributed by atoms with Crippen LogP contribution in [0.1, 0.15) is 19.3 Å². The molecule has 0 saturated carbocycles. The van der Waals surface area contributed by atoms with Crippen LogP contribution < -0.4 is 0 Å². The van der Waals surface area contributed by atoms with E-state index in [9.17, 15) is 0 Å². The third-order valence-electron chi connectivity index (χ3n) is 2.68. The fourth-order valence-corrected chi connectivity index (χ4v) is 2.11. The van der Waals surface area contributed by atoms with Crippen LogP contribution in [0.15, 0.2) is 0 Å². The molecule has 0 amide bonds. The van der Waals surface area contributed by atoms with Crippen LogP contribution in [-0.2, 0) is 0 Å². The Kier molecular flexibility index (Phi) is 2.54. The SMILES string of the molecule is Cl.SC12CCN(CC1)CC2. The molecule has 1 nitrogen and oxygen atoms in total. The van der Waals surface area contributed by atoms with Gasteiger partial charge in [0.15, 0.2) is 0 Å². The molecule has 3 heterocycles. The van der Waals surface area contributed by atoms with Gasteiger partial charge in [-0.15, -0.1) is 12.4 Å². The average Bonchev–Trinajstić information content (AvgIpc) is 1.90. The van der Waals surface area contributed by atoms with E-state index in [4.69, 9.17) is 0 Å². The second-order valence-electron chi connectivity index (χ2n) is 3.32. The number of hydrogen-bond acceptors (Lipinski definition) is 2. The van der Waals surface area contributed by atoms with Crippen LogP contribution in [-0.4, -0.2) is 29.3 Å². The van der Waals surface area contributed by atoms with Crippen molar-refractivity contribution < 1.29 is 0 Å². The minimum Gasteiger partial charge on any atom is -0.303 e. The van der Waals surface area contributed by atoms with E-state index >= 15 is 0 Å². The maximum Gasteiger partial charge on any atom is 0.0166 e. The van der Waals surface area contributed by atoms with Crippen molar-refractivity contribution in [1.82, 2.24) is 4.90 Å². The Morgan fingerprint density at radius 2 is 1.40 bits per heavy atom. The summed E-state index contributed by atoms with van der Waals surface area (Å²) in [4.78, 5) is 2.54. The molecule has 0 aromatic heterocycles. The van der Waals surface area contributed by atoms with Gasteiger partial charge >= 0.3 is 0 Å². The van der Waals surface area contributed by atoms with E-state index < -0.39 is 0 Å². The molecule has 0 spiro atoms. The molecule has 0 aromatic carbocycles. The number of fused-ring (bicyclic) bond motifs is 3. The summed E-state index contributed by atoms with van der Waals surface area (Å²) in [6, 6.07) is 0. The van der Waals surface area contributed by atoms with Gasteiger partial charge in [0.2, 0.25) is 0 Å². The lowest BCUT2D eigenvalue weighted by atomic mass is 9.87. The molecule has 3 heteroatoms.